The van der Waals surface area contributed by atoms with Crippen LogP contribution in [0.3, 0.4) is 0 Å². The minimum absolute atomic E-state index is 0. The van der Waals surface area contributed by atoms with Crippen molar-refractivity contribution in [2.75, 3.05) is 13.1 Å². The summed E-state index contributed by atoms with van der Waals surface area (Å²) in [6, 6.07) is 5.96. The average Bonchev–Trinajstić information content (AvgIpc) is 3.53. The third-order valence-electron chi connectivity index (χ3n) is 6.83. The Kier molecular flexibility index (Phi) is 18.8. The molecule has 5 rings (SSSR count). The maximum atomic E-state index is 12.7. The Bertz CT molecular complexity index is 1330. The molecule has 1 aliphatic carbocycles. The third kappa shape index (κ3) is 13.7. The highest BCUT2D eigenvalue weighted by Gasteiger charge is 2.33. The summed E-state index contributed by atoms with van der Waals surface area (Å²) in [6.07, 6.45) is 9.10. The number of nitrogens with one attached hydrogen (secondary N) is 3. The van der Waals surface area contributed by atoms with Gasteiger partial charge in [0.15, 0.2) is 0 Å². The van der Waals surface area contributed by atoms with E-state index in [0.29, 0.717) is 17.7 Å². The third-order valence-corrected chi connectivity index (χ3v) is 6.83. The number of fused-ring (bicyclic) bond motifs is 1. The van der Waals surface area contributed by atoms with Gasteiger partial charge in [0.25, 0.3) is 0 Å². The second-order valence-electron chi connectivity index (χ2n) is 9.87. The fraction of sp³-hybridized carbons (Fsp3) is 0.531. The predicted octanol–water partition coefficient (Wildman–Crippen LogP) is 7.02. The lowest BCUT2D eigenvalue weighted by Gasteiger charge is -2.23. The summed E-state index contributed by atoms with van der Waals surface area (Å²) >= 11 is 0. The van der Waals surface area contributed by atoms with Crippen LogP contribution in [0.1, 0.15) is 91.0 Å². The second kappa shape index (κ2) is 21.6. The van der Waals surface area contributed by atoms with Crippen molar-refractivity contribution in [2.24, 2.45) is 11.7 Å². The first-order valence-corrected chi connectivity index (χ1v) is 15.3. The van der Waals surface area contributed by atoms with Gasteiger partial charge in [0.05, 0.1) is 18.4 Å². The van der Waals surface area contributed by atoms with E-state index >= 15 is 0 Å². The largest absolute Gasteiger partial charge is 0.474 e. The minimum Gasteiger partial charge on any atom is -0.474 e. The van der Waals surface area contributed by atoms with Gasteiger partial charge in [-0.3, -0.25) is 0 Å². The van der Waals surface area contributed by atoms with Crippen molar-refractivity contribution in [1.82, 2.24) is 25.3 Å². The quantitative estimate of drug-likeness (QED) is 0.180. The maximum absolute atomic E-state index is 12.7. The highest BCUT2D eigenvalue weighted by atomic mass is 19.4. The van der Waals surface area contributed by atoms with E-state index in [1.165, 1.54) is 50.5 Å². The molecular weight excluding hydrogens is 585 g/mol. The van der Waals surface area contributed by atoms with E-state index in [-0.39, 0.29) is 19.0 Å². The fourth-order valence-corrected chi connectivity index (χ4v) is 4.14. The number of aromatic amines is 1. The Morgan fingerprint density at radius 1 is 1.20 bits per heavy atom. The van der Waals surface area contributed by atoms with Crippen molar-refractivity contribution in [2.45, 2.75) is 91.5 Å². The molecule has 1 aliphatic heterocycles. The molecule has 45 heavy (non-hydrogen) atoms. The summed E-state index contributed by atoms with van der Waals surface area (Å²) in [5, 5.41) is 27.8. The molecular formula is C32H49F3N8O2. The smallest absolute Gasteiger partial charge is 0.433 e. The van der Waals surface area contributed by atoms with Crippen LogP contribution in [0.5, 0.6) is 5.88 Å². The van der Waals surface area contributed by atoms with Crippen LogP contribution in [-0.4, -0.2) is 50.5 Å². The summed E-state index contributed by atoms with van der Waals surface area (Å²) in [5.74, 6) is 1.04. The van der Waals surface area contributed by atoms with Crippen molar-refractivity contribution in [3.05, 3.63) is 53.9 Å². The topological polar surface area (TPSA) is 170 Å². The number of H-pyrrole nitrogens is 1. The number of halogens is 3. The van der Waals surface area contributed by atoms with Gasteiger partial charge in [-0.25, -0.2) is 15.0 Å². The molecule has 0 radical (unpaired) electrons. The van der Waals surface area contributed by atoms with E-state index in [1.54, 1.807) is 6.20 Å². The van der Waals surface area contributed by atoms with Crippen molar-refractivity contribution >= 4 is 22.8 Å². The van der Waals surface area contributed by atoms with E-state index in [2.05, 4.69) is 32.2 Å². The van der Waals surface area contributed by atoms with Crippen molar-refractivity contribution in [3.63, 3.8) is 0 Å². The number of hydrogen-bond donors (Lipinski definition) is 5. The lowest BCUT2D eigenvalue weighted by atomic mass is 9.84. The number of hydrogen-bond acceptors (Lipinski definition) is 9. The molecule has 1 saturated carbocycles. The number of pyridine rings is 1. The van der Waals surface area contributed by atoms with Crippen LogP contribution in [0, 0.1) is 22.7 Å². The molecule has 2 aliphatic rings. The summed E-state index contributed by atoms with van der Waals surface area (Å²) in [7, 11) is 0. The molecule has 0 spiro atoms. The summed E-state index contributed by atoms with van der Waals surface area (Å²) in [5.41, 5.74) is 6.50. The number of allylic oxidation sites excluding steroid dienone is 1. The van der Waals surface area contributed by atoms with Gasteiger partial charge in [-0.2, -0.15) is 18.4 Å². The van der Waals surface area contributed by atoms with Crippen molar-refractivity contribution in [1.29, 1.82) is 10.7 Å². The minimum atomic E-state index is -4.54. The van der Waals surface area contributed by atoms with Crippen LogP contribution in [0.25, 0.3) is 16.6 Å². The molecule has 6 N–H and O–H groups in total. The number of aliphatic hydroxyl groups is 1. The molecule has 0 aromatic carbocycles. The van der Waals surface area contributed by atoms with E-state index < -0.39 is 18.5 Å². The van der Waals surface area contributed by atoms with Gasteiger partial charge in [0.1, 0.15) is 23.8 Å². The molecule has 250 valence electrons. The molecule has 3 aromatic rings. The normalized spacial score (nSPS) is 14.8. The summed E-state index contributed by atoms with van der Waals surface area (Å²) < 4.78 is 43.4. The van der Waals surface area contributed by atoms with Gasteiger partial charge in [-0.1, -0.05) is 53.4 Å². The number of ether oxygens (including phenoxy) is 1. The number of nitriles is 1. The number of aromatic nitrogens is 4. The Morgan fingerprint density at radius 3 is 2.33 bits per heavy atom. The first kappa shape index (κ1) is 39.0. The zero-order chi connectivity index (χ0) is 33.7. The number of piperidine rings is 1. The maximum Gasteiger partial charge on any atom is 0.433 e. The van der Waals surface area contributed by atoms with E-state index in [0.717, 1.165) is 48.9 Å². The molecule has 0 atom stereocenters. The first-order valence-electron chi connectivity index (χ1n) is 15.3. The molecule has 13 heteroatoms. The fourth-order valence-electron chi connectivity index (χ4n) is 4.14. The molecule has 10 nitrogen and oxygen atoms in total. The molecule has 1 saturated heterocycles. The Hall–Kier alpha value is -4.02. The van der Waals surface area contributed by atoms with Gasteiger partial charge < -0.3 is 31.3 Å². The number of rotatable bonds is 6. The van der Waals surface area contributed by atoms with E-state index in [9.17, 15) is 13.2 Å². The van der Waals surface area contributed by atoms with Crippen LogP contribution >= 0.6 is 0 Å². The second-order valence-corrected chi connectivity index (χ2v) is 9.87. The molecule has 0 unspecified atom stereocenters. The highest BCUT2D eigenvalue weighted by Crippen LogP contribution is 2.31. The lowest BCUT2D eigenvalue weighted by Crippen LogP contribution is -2.34. The van der Waals surface area contributed by atoms with E-state index in [4.69, 9.17) is 26.2 Å². The van der Waals surface area contributed by atoms with Gasteiger partial charge in [0.2, 0.25) is 5.88 Å². The first-order chi connectivity index (χ1) is 21.7. The zero-order valence-electron chi connectivity index (χ0n) is 26.6. The van der Waals surface area contributed by atoms with Crippen LogP contribution in [0.4, 0.5) is 13.2 Å². The highest BCUT2D eigenvalue weighted by molar-refractivity contribution is 6.11. The van der Waals surface area contributed by atoms with Crippen LogP contribution < -0.4 is 15.8 Å². The van der Waals surface area contributed by atoms with Crippen molar-refractivity contribution in [3.8, 4) is 11.9 Å². The molecule has 4 heterocycles. The van der Waals surface area contributed by atoms with Gasteiger partial charge >= 0.3 is 6.18 Å². The summed E-state index contributed by atoms with van der Waals surface area (Å²) in [4.78, 5) is 14.6. The number of alkyl halides is 3. The number of nitrogens with two attached hydrogens (primary N) is 1. The van der Waals surface area contributed by atoms with Crippen LogP contribution in [-0.2, 0) is 12.8 Å². The van der Waals surface area contributed by atoms with Crippen LogP contribution in [0.2, 0.25) is 0 Å². The standard InChI is InChI=1S/C12H15F3N2O2.C9H9N5.C6H12.C3H5N.C2H6.H2/c13-12(14,15)10-5-8(7-18)6-11(17-10)19-9-1-3-16-4-2-9;10-3-6(4-11)8-7-1-2-12-9(7)14-5-13-8;1-2-6-4-3-5-6;1-2-3-4;1-2;/h5-6,9,16,18H,1-4,7H2;1-5,10H,11H2,(H,12,13,14);6H,2-5H2,1H3;2H2,1H3;1-2H3;1H/b;6-4+,10-3?;;;;. The Balaban J connectivity index is 0.000000654. The van der Waals surface area contributed by atoms with Crippen molar-refractivity contribution < 1.29 is 24.4 Å². The number of nitrogens with zero attached hydrogens (tertiary/aromatic N) is 4. The van der Waals surface area contributed by atoms with Gasteiger partial charge in [-0.15, -0.1) is 0 Å². The van der Waals surface area contributed by atoms with Crippen LogP contribution in [0.15, 0.2) is 36.9 Å². The average molecular weight is 635 g/mol. The molecule has 0 amide bonds. The Morgan fingerprint density at radius 2 is 1.87 bits per heavy atom. The SMILES string of the molecule is CC.CCC#N.CCC1CCC1.N=C/C(=C\N)c1ncnc2[nH]ccc12.OCc1cc(OC2CCNCC2)nc(C(F)(F)F)c1.[HH]. The molecule has 2 fully saturated rings. The molecule has 3 aromatic heterocycles. The van der Waals surface area contributed by atoms with Gasteiger partial charge in [0, 0.05) is 43.5 Å². The molecule has 0 bridgehead atoms. The number of aliphatic hydroxyl groups excluding tert-OH is 1. The van der Waals surface area contributed by atoms with E-state index in [1.807, 2.05) is 32.9 Å². The Labute approximate surface area is 265 Å². The monoisotopic (exact) mass is 634 g/mol. The summed E-state index contributed by atoms with van der Waals surface area (Å²) in [6.45, 7) is 9.17. The zero-order valence-corrected chi connectivity index (χ0v) is 26.6. The predicted molar refractivity (Wildman–Crippen MR) is 174 cm³/mol. The van der Waals surface area contributed by atoms with Gasteiger partial charge in [-0.05, 0) is 49.5 Å². The lowest BCUT2D eigenvalue weighted by molar-refractivity contribution is -0.141.